The first-order valence-electron chi connectivity index (χ1n) is 6.55. The van der Waals surface area contributed by atoms with Gasteiger partial charge in [0.1, 0.15) is 0 Å². The van der Waals surface area contributed by atoms with Gasteiger partial charge in [-0.2, -0.15) is 0 Å². The Labute approximate surface area is 140 Å². The Morgan fingerprint density at radius 2 is 1.95 bits per heavy atom. The Balaban J connectivity index is 0.00000220. The molecule has 2 atom stereocenters. The molecule has 21 heavy (non-hydrogen) atoms. The molecular formula is C14H19Cl3N2O2. The summed E-state index contributed by atoms with van der Waals surface area (Å²) in [7, 11) is 0. The van der Waals surface area contributed by atoms with Gasteiger partial charge in [-0.15, -0.1) is 12.4 Å². The molecule has 3 N–H and O–H groups in total. The number of aliphatic hydroxyl groups is 1. The third kappa shape index (κ3) is 4.02. The lowest BCUT2D eigenvalue weighted by atomic mass is 10.0. The second-order valence-electron chi connectivity index (χ2n) is 5.21. The van der Waals surface area contributed by atoms with Crippen molar-refractivity contribution in [3.8, 4) is 0 Å². The van der Waals surface area contributed by atoms with Crippen molar-refractivity contribution < 1.29 is 9.90 Å². The molecular weight excluding hydrogens is 335 g/mol. The number of halogens is 3. The summed E-state index contributed by atoms with van der Waals surface area (Å²) in [5, 5.41) is 9.96. The molecule has 118 valence electrons. The minimum Gasteiger partial charge on any atom is -0.396 e. The molecule has 0 radical (unpaired) electrons. The minimum absolute atomic E-state index is 0. The van der Waals surface area contributed by atoms with Crippen molar-refractivity contribution in [2.24, 2.45) is 11.7 Å². The molecule has 0 aromatic heterocycles. The fraction of sp³-hybridized carbons (Fsp3) is 0.500. The standard InChI is InChI=1S/C14H18Cl2N2O2.ClH/c1-8-11(15)4-10(5-12(8)16)14(20)18-6-9(2-3-19)13(17)7-18;/h4-5,9,13,19H,2-3,6-7,17H2,1H3;1H/t9-,13-;/m0./s1. The number of hydrogen-bond acceptors (Lipinski definition) is 3. The molecule has 0 unspecified atom stereocenters. The second-order valence-corrected chi connectivity index (χ2v) is 6.03. The van der Waals surface area contributed by atoms with Crippen LogP contribution in [0, 0.1) is 12.8 Å². The van der Waals surface area contributed by atoms with Crippen LogP contribution in [-0.2, 0) is 0 Å². The van der Waals surface area contributed by atoms with Crippen LogP contribution in [0.15, 0.2) is 12.1 Å². The smallest absolute Gasteiger partial charge is 0.254 e. The van der Waals surface area contributed by atoms with Gasteiger partial charge in [-0.05, 0) is 37.0 Å². The van der Waals surface area contributed by atoms with Crippen molar-refractivity contribution in [3.63, 3.8) is 0 Å². The number of nitrogens with zero attached hydrogens (tertiary/aromatic N) is 1. The predicted molar refractivity (Wildman–Crippen MR) is 87.5 cm³/mol. The lowest BCUT2D eigenvalue weighted by Crippen LogP contribution is -2.32. The summed E-state index contributed by atoms with van der Waals surface area (Å²) < 4.78 is 0. The maximum absolute atomic E-state index is 12.4. The maximum Gasteiger partial charge on any atom is 0.254 e. The van der Waals surface area contributed by atoms with Gasteiger partial charge in [0, 0.05) is 41.3 Å². The summed E-state index contributed by atoms with van der Waals surface area (Å²) in [5.41, 5.74) is 7.24. The van der Waals surface area contributed by atoms with Gasteiger partial charge in [0.25, 0.3) is 5.91 Å². The van der Waals surface area contributed by atoms with Crippen LogP contribution in [0.4, 0.5) is 0 Å². The van der Waals surface area contributed by atoms with E-state index in [2.05, 4.69) is 0 Å². The Kier molecular flexibility index (Phi) is 6.75. The number of amides is 1. The number of aliphatic hydroxyl groups excluding tert-OH is 1. The quantitative estimate of drug-likeness (QED) is 0.877. The Morgan fingerprint density at radius 1 is 1.38 bits per heavy atom. The van der Waals surface area contributed by atoms with E-state index in [1.165, 1.54) is 0 Å². The normalized spacial score (nSPS) is 21.3. The molecule has 1 aliphatic heterocycles. The molecule has 1 aliphatic rings. The summed E-state index contributed by atoms with van der Waals surface area (Å²) in [5.74, 6) is 0.0185. The maximum atomic E-state index is 12.4. The summed E-state index contributed by atoms with van der Waals surface area (Å²) in [6.07, 6.45) is 0.611. The van der Waals surface area contributed by atoms with Crippen LogP contribution in [0.1, 0.15) is 22.3 Å². The first kappa shape index (κ1) is 18.5. The van der Waals surface area contributed by atoms with E-state index in [1.54, 1.807) is 17.0 Å². The zero-order chi connectivity index (χ0) is 14.9. The van der Waals surface area contributed by atoms with Gasteiger partial charge in [0.15, 0.2) is 0 Å². The molecule has 0 spiro atoms. The average molecular weight is 354 g/mol. The van der Waals surface area contributed by atoms with Crippen LogP contribution in [0.25, 0.3) is 0 Å². The molecule has 1 amide bonds. The number of rotatable bonds is 3. The zero-order valence-corrected chi connectivity index (χ0v) is 14.0. The summed E-state index contributed by atoms with van der Waals surface area (Å²) in [4.78, 5) is 14.1. The number of carbonyl (C=O) groups is 1. The monoisotopic (exact) mass is 352 g/mol. The van der Waals surface area contributed by atoms with Gasteiger partial charge in [0.05, 0.1) is 0 Å². The largest absolute Gasteiger partial charge is 0.396 e. The van der Waals surface area contributed by atoms with Gasteiger partial charge in [0.2, 0.25) is 0 Å². The Hall–Kier alpha value is -0.520. The van der Waals surface area contributed by atoms with Crippen molar-refractivity contribution in [1.29, 1.82) is 0 Å². The van der Waals surface area contributed by atoms with E-state index in [4.69, 9.17) is 34.0 Å². The number of carbonyl (C=O) groups excluding carboxylic acids is 1. The van der Waals surface area contributed by atoms with Gasteiger partial charge < -0.3 is 15.7 Å². The zero-order valence-electron chi connectivity index (χ0n) is 11.7. The first-order valence-corrected chi connectivity index (χ1v) is 7.31. The van der Waals surface area contributed by atoms with Gasteiger partial charge in [-0.3, -0.25) is 4.79 Å². The van der Waals surface area contributed by atoms with E-state index in [-0.39, 0.29) is 36.9 Å². The van der Waals surface area contributed by atoms with E-state index in [1.807, 2.05) is 6.92 Å². The van der Waals surface area contributed by atoms with E-state index >= 15 is 0 Å². The second kappa shape index (κ2) is 7.65. The molecule has 0 aliphatic carbocycles. The lowest BCUT2D eigenvalue weighted by molar-refractivity contribution is 0.0784. The van der Waals surface area contributed by atoms with Crippen LogP contribution in [-0.4, -0.2) is 41.7 Å². The Morgan fingerprint density at radius 3 is 2.48 bits per heavy atom. The van der Waals surface area contributed by atoms with E-state index < -0.39 is 0 Å². The highest BCUT2D eigenvalue weighted by Crippen LogP contribution is 2.27. The van der Waals surface area contributed by atoms with Gasteiger partial charge in [-0.25, -0.2) is 0 Å². The van der Waals surface area contributed by atoms with Gasteiger partial charge in [-0.1, -0.05) is 23.2 Å². The van der Waals surface area contributed by atoms with Crippen LogP contribution in [0.5, 0.6) is 0 Å². The highest BCUT2D eigenvalue weighted by Gasteiger charge is 2.33. The molecule has 7 heteroatoms. The van der Waals surface area contributed by atoms with Crippen LogP contribution in [0.2, 0.25) is 10.0 Å². The van der Waals surface area contributed by atoms with Crippen LogP contribution < -0.4 is 5.73 Å². The molecule has 1 fully saturated rings. The molecule has 0 saturated carbocycles. The van der Waals surface area contributed by atoms with Crippen molar-refractivity contribution in [2.75, 3.05) is 19.7 Å². The van der Waals surface area contributed by atoms with Crippen molar-refractivity contribution in [3.05, 3.63) is 33.3 Å². The van der Waals surface area contributed by atoms with Crippen LogP contribution in [0.3, 0.4) is 0 Å². The minimum atomic E-state index is -0.121. The van der Waals surface area contributed by atoms with E-state index in [0.717, 1.165) is 5.56 Å². The van der Waals surface area contributed by atoms with Crippen molar-refractivity contribution in [1.82, 2.24) is 4.90 Å². The molecule has 1 aromatic carbocycles. The average Bonchev–Trinajstić information content (AvgIpc) is 2.76. The summed E-state index contributed by atoms with van der Waals surface area (Å²) in [6, 6.07) is 3.17. The highest BCUT2D eigenvalue weighted by atomic mass is 35.5. The highest BCUT2D eigenvalue weighted by molar-refractivity contribution is 6.36. The van der Waals surface area contributed by atoms with Crippen molar-refractivity contribution >= 4 is 41.5 Å². The number of nitrogens with two attached hydrogens (primary N) is 1. The topological polar surface area (TPSA) is 66.6 Å². The molecule has 4 nitrogen and oxygen atoms in total. The molecule has 2 rings (SSSR count). The fourth-order valence-electron chi connectivity index (χ4n) is 2.48. The number of hydrogen-bond donors (Lipinski definition) is 2. The van der Waals surface area contributed by atoms with Gasteiger partial charge >= 0.3 is 0 Å². The van der Waals surface area contributed by atoms with E-state index in [0.29, 0.717) is 35.1 Å². The third-order valence-electron chi connectivity index (χ3n) is 3.81. The molecule has 1 saturated heterocycles. The predicted octanol–water partition coefficient (Wildman–Crippen LogP) is 2.51. The fourth-order valence-corrected chi connectivity index (χ4v) is 2.97. The van der Waals surface area contributed by atoms with E-state index in [9.17, 15) is 4.79 Å². The number of likely N-dealkylation sites (tertiary alicyclic amines) is 1. The summed E-state index contributed by atoms with van der Waals surface area (Å²) in [6.45, 7) is 2.95. The number of benzene rings is 1. The summed E-state index contributed by atoms with van der Waals surface area (Å²) >= 11 is 12.1. The van der Waals surface area contributed by atoms with Crippen LogP contribution >= 0.6 is 35.6 Å². The lowest BCUT2D eigenvalue weighted by Gasteiger charge is -2.17. The molecule has 0 bridgehead atoms. The first-order chi connectivity index (χ1) is 9.43. The SMILES string of the molecule is Cc1c(Cl)cc(C(=O)N2C[C@H](CCO)[C@@H](N)C2)cc1Cl.Cl. The third-order valence-corrected chi connectivity index (χ3v) is 4.59. The van der Waals surface area contributed by atoms with Crippen molar-refractivity contribution in [2.45, 2.75) is 19.4 Å². The Bertz CT molecular complexity index is 502. The molecule has 1 aromatic rings. The molecule has 1 heterocycles.